The fourth-order valence-corrected chi connectivity index (χ4v) is 3.83. The summed E-state index contributed by atoms with van der Waals surface area (Å²) in [6.45, 7) is 6.46. The van der Waals surface area contributed by atoms with E-state index in [1.807, 2.05) is 36.0 Å². The van der Waals surface area contributed by atoms with Crippen LogP contribution in [0.2, 0.25) is 0 Å². The number of aromatic nitrogens is 4. The molecule has 0 fully saturated rings. The molecule has 2 aromatic heterocycles. The van der Waals surface area contributed by atoms with Crippen LogP contribution in [0.4, 0.5) is 5.82 Å². The number of hydrogen-bond donors (Lipinski definition) is 1. The summed E-state index contributed by atoms with van der Waals surface area (Å²) in [6, 6.07) is 16.3. The first kappa shape index (κ1) is 20.1. The Morgan fingerprint density at radius 1 is 0.933 bits per heavy atom. The van der Waals surface area contributed by atoms with Gasteiger partial charge in [0, 0.05) is 21.3 Å². The standard InChI is InChI=1S/C23H23N5OS/c1-4-15-5-7-17(8-6-15)22-27-28-23(29-22)20-21(24)25-13-19(26-20)16-9-11-18(12-10-16)30-14(2)3/h5-14H,4H2,1-3H3,(H2,24,25). The van der Waals surface area contributed by atoms with Gasteiger partial charge in [-0.3, -0.25) is 0 Å². The maximum Gasteiger partial charge on any atom is 0.270 e. The van der Waals surface area contributed by atoms with E-state index in [0.717, 1.165) is 17.5 Å². The molecule has 4 aromatic rings. The Kier molecular flexibility index (Phi) is 5.81. The van der Waals surface area contributed by atoms with Crippen LogP contribution in [0.25, 0.3) is 34.3 Å². The predicted molar refractivity (Wildman–Crippen MR) is 121 cm³/mol. The molecule has 0 aliphatic carbocycles. The van der Waals surface area contributed by atoms with Crippen molar-refractivity contribution in [3.05, 3.63) is 60.3 Å². The van der Waals surface area contributed by atoms with Crippen molar-refractivity contribution in [1.29, 1.82) is 0 Å². The van der Waals surface area contributed by atoms with Crippen molar-refractivity contribution in [2.24, 2.45) is 0 Å². The number of aryl methyl sites for hydroxylation is 1. The average Bonchev–Trinajstić information content (AvgIpc) is 3.24. The third kappa shape index (κ3) is 4.36. The lowest BCUT2D eigenvalue weighted by Crippen LogP contribution is -1.99. The van der Waals surface area contributed by atoms with Crippen molar-refractivity contribution >= 4 is 17.6 Å². The molecule has 6 nitrogen and oxygen atoms in total. The Morgan fingerprint density at radius 3 is 2.27 bits per heavy atom. The summed E-state index contributed by atoms with van der Waals surface area (Å²) in [6.07, 6.45) is 2.63. The second-order valence-corrected chi connectivity index (χ2v) is 8.79. The summed E-state index contributed by atoms with van der Waals surface area (Å²) in [4.78, 5) is 10.2. The monoisotopic (exact) mass is 417 g/mol. The van der Waals surface area contributed by atoms with Gasteiger partial charge in [0.15, 0.2) is 11.5 Å². The van der Waals surface area contributed by atoms with Crippen LogP contribution < -0.4 is 5.73 Å². The van der Waals surface area contributed by atoms with Crippen LogP contribution in [0.1, 0.15) is 26.3 Å². The quantitative estimate of drug-likeness (QED) is 0.414. The van der Waals surface area contributed by atoms with E-state index in [2.05, 4.69) is 65.2 Å². The zero-order valence-corrected chi connectivity index (χ0v) is 18.0. The van der Waals surface area contributed by atoms with Gasteiger partial charge in [-0.2, -0.15) is 0 Å². The second kappa shape index (κ2) is 8.67. The van der Waals surface area contributed by atoms with Crippen molar-refractivity contribution < 1.29 is 4.42 Å². The summed E-state index contributed by atoms with van der Waals surface area (Å²) < 4.78 is 5.86. The Balaban J connectivity index is 1.63. The van der Waals surface area contributed by atoms with Gasteiger partial charge in [0.05, 0.1) is 11.9 Å². The van der Waals surface area contributed by atoms with Gasteiger partial charge in [-0.05, 0) is 36.2 Å². The van der Waals surface area contributed by atoms with Crippen molar-refractivity contribution in [3.8, 4) is 34.3 Å². The number of nitrogens with two attached hydrogens (primary N) is 1. The summed E-state index contributed by atoms with van der Waals surface area (Å²) in [5.74, 6) is 0.931. The van der Waals surface area contributed by atoms with Gasteiger partial charge in [0.1, 0.15) is 0 Å². The molecular formula is C23H23N5OS. The maximum absolute atomic E-state index is 6.06. The van der Waals surface area contributed by atoms with Gasteiger partial charge in [-0.15, -0.1) is 22.0 Å². The molecule has 0 radical (unpaired) electrons. The van der Waals surface area contributed by atoms with E-state index in [9.17, 15) is 0 Å². The lowest BCUT2D eigenvalue weighted by atomic mass is 10.1. The number of benzene rings is 2. The molecule has 0 saturated carbocycles. The van der Waals surface area contributed by atoms with Crippen LogP contribution in [-0.4, -0.2) is 25.4 Å². The van der Waals surface area contributed by atoms with Crippen LogP contribution in [-0.2, 0) is 6.42 Å². The fourth-order valence-electron chi connectivity index (χ4n) is 2.99. The molecule has 0 spiro atoms. The van der Waals surface area contributed by atoms with E-state index < -0.39 is 0 Å². The molecule has 7 heteroatoms. The van der Waals surface area contributed by atoms with E-state index in [-0.39, 0.29) is 11.7 Å². The van der Waals surface area contributed by atoms with Crippen molar-refractivity contribution in [2.45, 2.75) is 37.3 Å². The Labute approximate surface area is 180 Å². The molecule has 2 heterocycles. The fraction of sp³-hybridized carbons (Fsp3) is 0.217. The van der Waals surface area contributed by atoms with Gasteiger partial charge < -0.3 is 10.2 Å². The minimum absolute atomic E-state index is 0.252. The van der Waals surface area contributed by atoms with Crippen LogP contribution in [0.3, 0.4) is 0 Å². The van der Waals surface area contributed by atoms with Gasteiger partial charge in [0.2, 0.25) is 5.89 Å². The zero-order chi connectivity index (χ0) is 21.1. The first-order chi connectivity index (χ1) is 14.5. The van der Waals surface area contributed by atoms with E-state index >= 15 is 0 Å². The molecule has 0 bridgehead atoms. The van der Waals surface area contributed by atoms with Gasteiger partial charge >= 0.3 is 0 Å². The summed E-state index contributed by atoms with van der Waals surface area (Å²) >= 11 is 1.82. The number of nitrogens with zero attached hydrogens (tertiary/aromatic N) is 4. The highest BCUT2D eigenvalue weighted by Gasteiger charge is 2.17. The smallest absolute Gasteiger partial charge is 0.270 e. The minimum Gasteiger partial charge on any atom is -0.414 e. The highest BCUT2D eigenvalue weighted by atomic mass is 32.2. The van der Waals surface area contributed by atoms with Crippen LogP contribution in [0.5, 0.6) is 0 Å². The number of hydrogen-bond acceptors (Lipinski definition) is 7. The number of anilines is 1. The van der Waals surface area contributed by atoms with E-state index in [4.69, 9.17) is 10.2 Å². The third-order valence-electron chi connectivity index (χ3n) is 4.56. The van der Waals surface area contributed by atoms with Crippen LogP contribution in [0, 0.1) is 0 Å². The van der Waals surface area contributed by atoms with Gasteiger partial charge in [-0.1, -0.05) is 45.0 Å². The van der Waals surface area contributed by atoms with Gasteiger partial charge in [0.25, 0.3) is 5.89 Å². The summed E-state index contributed by atoms with van der Waals surface area (Å²) in [5, 5.41) is 8.83. The molecule has 0 saturated heterocycles. The Hall–Kier alpha value is -3.19. The first-order valence-corrected chi connectivity index (χ1v) is 10.7. The van der Waals surface area contributed by atoms with E-state index in [1.54, 1.807) is 6.20 Å². The number of nitrogen functional groups attached to an aromatic ring is 1. The highest BCUT2D eigenvalue weighted by molar-refractivity contribution is 7.99. The number of rotatable bonds is 6. The SMILES string of the molecule is CCc1ccc(-c2nnc(-c3nc(-c4ccc(SC(C)C)cc4)cnc3N)o2)cc1. The van der Waals surface area contributed by atoms with E-state index in [1.165, 1.54) is 10.5 Å². The molecule has 2 aromatic carbocycles. The summed E-state index contributed by atoms with van der Waals surface area (Å²) in [5.41, 5.74) is 10.2. The van der Waals surface area contributed by atoms with Crippen LogP contribution in [0.15, 0.2) is 64.0 Å². The number of thioether (sulfide) groups is 1. The molecule has 0 amide bonds. The normalized spacial score (nSPS) is 11.2. The maximum atomic E-state index is 6.06. The predicted octanol–water partition coefficient (Wildman–Crippen LogP) is 5.51. The van der Waals surface area contributed by atoms with Gasteiger partial charge in [-0.25, -0.2) is 9.97 Å². The lowest BCUT2D eigenvalue weighted by Gasteiger charge is -2.07. The molecule has 152 valence electrons. The minimum atomic E-state index is 0.252. The molecular weight excluding hydrogens is 394 g/mol. The molecule has 0 aliphatic heterocycles. The summed E-state index contributed by atoms with van der Waals surface area (Å²) in [7, 11) is 0. The highest BCUT2D eigenvalue weighted by Crippen LogP contribution is 2.29. The first-order valence-electron chi connectivity index (χ1n) is 9.86. The second-order valence-electron chi connectivity index (χ2n) is 7.14. The van der Waals surface area contributed by atoms with Crippen LogP contribution >= 0.6 is 11.8 Å². The van der Waals surface area contributed by atoms with Crippen molar-refractivity contribution in [3.63, 3.8) is 0 Å². The Morgan fingerprint density at radius 2 is 1.60 bits per heavy atom. The molecule has 0 unspecified atom stereocenters. The van der Waals surface area contributed by atoms with Crippen molar-refractivity contribution in [2.75, 3.05) is 5.73 Å². The third-order valence-corrected chi connectivity index (χ3v) is 5.58. The topological polar surface area (TPSA) is 90.7 Å². The lowest BCUT2D eigenvalue weighted by molar-refractivity contribution is 0.582. The molecule has 0 aliphatic rings. The molecule has 0 atom stereocenters. The van der Waals surface area contributed by atoms with E-state index in [0.29, 0.717) is 22.5 Å². The largest absolute Gasteiger partial charge is 0.414 e. The average molecular weight is 418 g/mol. The molecule has 4 rings (SSSR count). The molecule has 30 heavy (non-hydrogen) atoms. The Bertz CT molecular complexity index is 1140. The zero-order valence-electron chi connectivity index (χ0n) is 17.2. The molecule has 2 N–H and O–H groups in total. The van der Waals surface area contributed by atoms with Crippen molar-refractivity contribution in [1.82, 2.24) is 20.2 Å².